The first-order valence-corrected chi connectivity index (χ1v) is 7.70. The number of anilines is 1. The number of fused-ring (bicyclic) bond motifs is 1. The average molecular weight is 273 g/mol. The van der Waals surface area contributed by atoms with Crippen molar-refractivity contribution in [3.05, 3.63) is 17.0 Å². The van der Waals surface area contributed by atoms with Gasteiger partial charge < -0.3 is 4.90 Å². The summed E-state index contributed by atoms with van der Waals surface area (Å²) in [5.74, 6) is 2.25. The van der Waals surface area contributed by atoms with Gasteiger partial charge >= 0.3 is 0 Å². The summed E-state index contributed by atoms with van der Waals surface area (Å²) in [5, 5.41) is 0. The number of nitrogens with zero attached hydrogens (tertiary/aromatic N) is 3. The van der Waals surface area contributed by atoms with E-state index in [2.05, 4.69) is 23.7 Å². The highest BCUT2D eigenvalue weighted by atomic mass is 16.1. The lowest BCUT2D eigenvalue weighted by atomic mass is 9.86. The van der Waals surface area contributed by atoms with Crippen molar-refractivity contribution in [1.29, 1.82) is 0 Å². The van der Waals surface area contributed by atoms with Gasteiger partial charge in [-0.15, -0.1) is 0 Å². The monoisotopic (exact) mass is 273 g/mol. The number of piperidine rings is 1. The number of rotatable bonds is 1. The summed E-state index contributed by atoms with van der Waals surface area (Å²) in [6.45, 7) is 8.44. The van der Waals surface area contributed by atoms with Crippen molar-refractivity contribution in [3.8, 4) is 0 Å². The minimum absolute atomic E-state index is 0.218. The molecule has 1 aromatic heterocycles. The zero-order valence-electron chi connectivity index (χ0n) is 12.6. The van der Waals surface area contributed by atoms with Crippen LogP contribution < -0.4 is 4.90 Å². The van der Waals surface area contributed by atoms with E-state index >= 15 is 0 Å². The summed E-state index contributed by atoms with van der Waals surface area (Å²) in [6, 6.07) is 0. The zero-order valence-corrected chi connectivity index (χ0v) is 12.6. The molecule has 3 rings (SSSR count). The highest BCUT2D eigenvalue weighted by Crippen LogP contribution is 2.28. The molecule has 0 spiro atoms. The SMILES string of the molecule is Cc1nc(N2CCC(C)CC2)nc2c1C(=O)C[C@H](C)C2. The molecule has 1 aromatic rings. The number of hydrogen-bond acceptors (Lipinski definition) is 4. The summed E-state index contributed by atoms with van der Waals surface area (Å²) in [6.07, 6.45) is 3.95. The molecule has 108 valence electrons. The fraction of sp³-hybridized carbons (Fsp3) is 0.688. The Labute approximate surface area is 120 Å². The summed E-state index contributed by atoms with van der Waals surface area (Å²) in [7, 11) is 0. The Kier molecular flexibility index (Phi) is 3.48. The molecule has 1 atom stereocenters. The molecule has 1 aliphatic carbocycles. The molecule has 2 aliphatic rings. The Morgan fingerprint density at radius 2 is 1.75 bits per heavy atom. The van der Waals surface area contributed by atoms with E-state index in [0.717, 1.165) is 48.3 Å². The fourth-order valence-electron chi connectivity index (χ4n) is 3.30. The third-order valence-corrected chi connectivity index (χ3v) is 4.57. The first-order chi connectivity index (χ1) is 9.54. The number of carbonyl (C=O) groups is 1. The Morgan fingerprint density at radius 3 is 2.45 bits per heavy atom. The van der Waals surface area contributed by atoms with Crippen LogP contribution in [0.25, 0.3) is 0 Å². The summed E-state index contributed by atoms with van der Waals surface area (Å²) in [5.41, 5.74) is 2.62. The second-order valence-electron chi connectivity index (χ2n) is 6.54. The topological polar surface area (TPSA) is 46.1 Å². The van der Waals surface area contributed by atoms with Gasteiger partial charge in [-0.05, 0) is 38.0 Å². The van der Waals surface area contributed by atoms with E-state index in [1.54, 1.807) is 0 Å². The van der Waals surface area contributed by atoms with Crippen molar-refractivity contribution in [2.24, 2.45) is 11.8 Å². The quantitative estimate of drug-likeness (QED) is 0.789. The molecule has 0 N–H and O–H groups in total. The fourth-order valence-corrected chi connectivity index (χ4v) is 3.30. The van der Waals surface area contributed by atoms with Crippen molar-refractivity contribution < 1.29 is 4.79 Å². The average Bonchev–Trinajstić information content (AvgIpc) is 2.38. The molecule has 1 aliphatic heterocycles. The highest BCUT2D eigenvalue weighted by Gasteiger charge is 2.28. The van der Waals surface area contributed by atoms with Gasteiger partial charge in [-0.3, -0.25) is 4.79 Å². The van der Waals surface area contributed by atoms with Crippen molar-refractivity contribution in [3.63, 3.8) is 0 Å². The Morgan fingerprint density at radius 1 is 1.05 bits per heavy atom. The Hall–Kier alpha value is -1.45. The van der Waals surface area contributed by atoms with Gasteiger partial charge in [-0.2, -0.15) is 0 Å². The van der Waals surface area contributed by atoms with Gasteiger partial charge in [-0.1, -0.05) is 13.8 Å². The predicted molar refractivity (Wildman–Crippen MR) is 79.2 cm³/mol. The first-order valence-electron chi connectivity index (χ1n) is 7.70. The van der Waals surface area contributed by atoms with Gasteiger partial charge in [0.25, 0.3) is 0 Å². The molecule has 1 saturated heterocycles. The summed E-state index contributed by atoms with van der Waals surface area (Å²) in [4.78, 5) is 23.8. The molecule has 1 fully saturated rings. The molecule has 0 saturated carbocycles. The number of carbonyl (C=O) groups excluding carboxylic acids is 1. The van der Waals surface area contributed by atoms with Gasteiger partial charge in [0.05, 0.1) is 17.0 Å². The van der Waals surface area contributed by atoms with Crippen molar-refractivity contribution in [1.82, 2.24) is 9.97 Å². The van der Waals surface area contributed by atoms with E-state index in [-0.39, 0.29) is 5.78 Å². The van der Waals surface area contributed by atoms with Gasteiger partial charge in [0.2, 0.25) is 5.95 Å². The minimum Gasteiger partial charge on any atom is -0.341 e. The van der Waals surface area contributed by atoms with Crippen LogP contribution in [-0.2, 0) is 6.42 Å². The second kappa shape index (κ2) is 5.15. The van der Waals surface area contributed by atoms with Crippen LogP contribution in [0, 0.1) is 18.8 Å². The molecule has 4 heteroatoms. The molecule has 0 aromatic carbocycles. The zero-order chi connectivity index (χ0) is 14.3. The Bertz CT molecular complexity index is 533. The number of Topliss-reactive ketones (excluding diaryl/α,β-unsaturated/α-hetero) is 1. The van der Waals surface area contributed by atoms with E-state index in [4.69, 9.17) is 4.98 Å². The molecule has 2 heterocycles. The third kappa shape index (κ3) is 2.43. The van der Waals surface area contributed by atoms with Crippen LogP contribution in [0.3, 0.4) is 0 Å². The van der Waals surface area contributed by atoms with E-state index in [9.17, 15) is 4.79 Å². The van der Waals surface area contributed by atoms with Crippen LogP contribution >= 0.6 is 0 Å². The third-order valence-electron chi connectivity index (χ3n) is 4.57. The predicted octanol–water partition coefficient (Wildman–Crippen LogP) is 2.79. The smallest absolute Gasteiger partial charge is 0.225 e. The molecular weight excluding hydrogens is 250 g/mol. The molecule has 4 nitrogen and oxygen atoms in total. The lowest BCUT2D eigenvalue weighted by Crippen LogP contribution is -2.35. The van der Waals surface area contributed by atoms with E-state index in [1.807, 2.05) is 6.92 Å². The van der Waals surface area contributed by atoms with Crippen LogP contribution in [0.2, 0.25) is 0 Å². The van der Waals surface area contributed by atoms with Crippen LogP contribution in [0.4, 0.5) is 5.95 Å². The maximum Gasteiger partial charge on any atom is 0.225 e. The molecule has 0 bridgehead atoms. The molecule has 20 heavy (non-hydrogen) atoms. The Balaban J connectivity index is 1.93. The van der Waals surface area contributed by atoms with Gasteiger partial charge in [0, 0.05) is 19.5 Å². The van der Waals surface area contributed by atoms with Gasteiger partial charge in [-0.25, -0.2) is 9.97 Å². The van der Waals surface area contributed by atoms with Crippen LogP contribution in [0.15, 0.2) is 0 Å². The maximum absolute atomic E-state index is 12.2. The number of hydrogen-bond donors (Lipinski definition) is 0. The van der Waals surface area contributed by atoms with E-state index in [0.29, 0.717) is 12.3 Å². The molecule has 0 amide bonds. The first kappa shape index (κ1) is 13.5. The minimum atomic E-state index is 0.218. The lowest BCUT2D eigenvalue weighted by Gasteiger charge is -2.31. The van der Waals surface area contributed by atoms with Gasteiger partial charge in [0.15, 0.2) is 5.78 Å². The van der Waals surface area contributed by atoms with Crippen molar-refractivity contribution in [2.45, 2.75) is 46.5 Å². The van der Waals surface area contributed by atoms with Crippen LogP contribution in [0.5, 0.6) is 0 Å². The molecule has 0 unspecified atom stereocenters. The normalized spacial score (nSPS) is 23.9. The van der Waals surface area contributed by atoms with Gasteiger partial charge in [0.1, 0.15) is 0 Å². The lowest BCUT2D eigenvalue weighted by molar-refractivity contribution is 0.0951. The largest absolute Gasteiger partial charge is 0.341 e. The standard InChI is InChI=1S/C16H23N3O/c1-10-4-6-19(7-5-10)16-17-12(3)15-13(18-16)8-11(2)9-14(15)20/h10-11H,4-9H2,1-3H3/t11-/m1/s1. The van der Waals surface area contributed by atoms with Crippen LogP contribution in [0.1, 0.15) is 54.9 Å². The maximum atomic E-state index is 12.2. The number of ketones is 1. The number of aromatic nitrogens is 2. The molecular formula is C16H23N3O. The van der Waals surface area contributed by atoms with E-state index in [1.165, 1.54) is 12.8 Å². The second-order valence-corrected chi connectivity index (χ2v) is 6.54. The summed E-state index contributed by atoms with van der Waals surface area (Å²) >= 11 is 0. The molecule has 0 radical (unpaired) electrons. The highest BCUT2D eigenvalue weighted by molar-refractivity contribution is 5.99. The van der Waals surface area contributed by atoms with Crippen molar-refractivity contribution in [2.75, 3.05) is 18.0 Å². The van der Waals surface area contributed by atoms with Crippen molar-refractivity contribution >= 4 is 11.7 Å². The van der Waals surface area contributed by atoms with E-state index < -0.39 is 0 Å². The number of aryl methyl sites for hydroxylation is 1. The summed E-state index contributed by atoms with van der Waals surface area (Å²) < 4.78 is 0. The van der Waals surface area contributed by atoms with Crippen LogP contribution in [-0.4, -0.2) is 28.8 Å².